The van der Waals surface area contributed by atoms with Gasteiger partial charge in [-0.15, -0.1) is 0 Å². The van der Waals surface area contributed by atoms with Gasteiger partial charge in [0.05, 0.1) is 13.2 Å². The first kappa shape index (κ1) is 23.8. The Labute approximate surface area is 207 Å². The molecule has 2 aliphatic rings. The Bertz CT molecular complexity index is 1160. The Hall–Kier alpha value is -2.89. The first-order valence-electron chi connectivity index (χ1n) is 12.8. The van der Waals surface area contributed by atoms with E-state index in [1.165, 1.54) is 11.8 Å². The van der Waals surface area contributed by atoms with Crippen molar-refractivity contribution in [3.8, 4) is 16.9 Å². The van der Waals surface area contributed by atoms with Gasteiger partial charge in [-0.3, -0.25) is 0 Å². The summed E-state index contributed by atoms with van der Waals surface area (Å²) in [6.45, 7) is 6.75. The van der Waals surface area contributed by atoms with Crippen LogP contribution in [0.4, 0.5) is 10.1 Å². The van der Waals surface area contributed by atoms with Crippen LogP contribution in [0.1, 0.15) is 42.9 Å². The van der Waals surface area contributed by atoms with Gasteiger partial charge in [0.25, 0.3) is 0 Å². The summed E-state index contributed by atoms with van der Waals surface area (Å²) in [5.74, 6) is 0.0725. The number of hydrogen-bond donors (Lipinski definition) is 1. The van der Waals surface area contributed by atoms with E-state index in [1.807, 2.05) is 6.07 Å². The second kappa shape index (κ2) is 10.4. The van der Waals surface area contributed by atoms with Crippen molar-refractivity contribution in [3.63, 3.8) is 0 Å². The fourth-order valence-electron chi connectivity index (χ4n) is 5.24. The molecule has 0 unspecified atom stereocenters. The number of rotatable bonds is 8. The van der Waals surface area contributed by atoms with Crippen molar-refractivity contribution < 1.29 is 13.9 Å². The first-order valence-corrected chi connectivity index (χ1v) is 12.8. The largest absolute Gasteiger partial charge is 0.486 e. The lowest BCUT2D eigenvalue weighted by molar-refractivity contribution is -0.124. The molecule has 0 bridgehead atoms. The molecule has 5 rings (SSSR count). The van der Waals surface area contributed by atoms with Gasteiger partial charge in [0, 0.05) is 30.7 Å². The Morgan fingerprint density at radius 2 is 1.74 bits per heavy atom. The number of nitrogens with zero attached hydrogens (tertiary/aromatic N) is 1. The van der Waals surface area contributed by atoms with Gasteiger partial charge in [0.15, 0.2) is 11.6 Å². The summed E-state index contributed by atoms with van der Waals surface area (Å²) in [7, 11) is 0. The molecule has 3 aromatic carbocycles. The van der Waals surface area contributed by atoms with Crippen LogP contribution in [0.15, 0.2) is 60.7 Å². The lowest BCUT2D eigenvalue weighted by Crippen LogP contribution is -2.50. The normalized spacial score (nSPS) is 16.8. The molecule has 2 N–H and O–H groups in total. The van der Waals surface area contributed by atoms with Crippen molar-refractivity contribution in [2.45, 2.75) is 45.8 Å². The van der Waals surface area contributed by atoms with Gasteiger partial charge in [-0.05, 0) is 77.4 Å². The predicted molar refractivity (Wildman–Crippen MR) is 139 cm³/mol. The van der Waals surface area contributed by atoms with E-state index in [4.69, 9.17) is 15.2 Å². The molecule has 4 nitrogen and oxygen atoms in total. The molecule has 2 heterocycles. The molecule has 184 valence electrons. The summed E-state index contributed by atoms with van der Waals surface area (Å²) >= 11 is 0. The van der Waals surface area contributed by atoms with Gasteiger partial charge in [-0.25, -0.2) is 4.39 Å². The quantitative estimate of drug-likeness (QED) is 0.429. The van der Waals surface area contributed by atoms with Crippen molar-refractivity contribution in [1.82, 2.24) is 0 Å². The first-order chi connectivity index (χ1) is 17.1. The van der Waals surface area contributed by atoms with E-state index in [9.17, 15) is 4.39 Å². The Kier molecular flexibility index (Phi) is 7.07. The molecular formula is C30H35FN2O2. The highest BCUT2D eigenvalue weighted by atomic mass is 19.1. The zero-order valence-corrected chi connectivity index (χ0v) is 20.6. The molecule has 0 aromatic heterocycles. The minimum Gasteiger partial charge on any atom is -0.486 e. The molecule has 3 aromatic rings. The molecule has 1 spiro atoms. The van der Waals surface area contributed by atoms with Crippen LogP contribution >= 0.6 is 0 Å². The number of piperidine rings is 1. The third kappa shape index (κ3) is 5.21. The minimum absolute atomic E-state index is 0.299. The molecule has 0 atom stereocenters. The standard InChI is InChI=1S/C30H35FN2O2/c1-2-5-24-7-4-9-28(31)29(24)35-19-23-15-26(25-8-3-6-22(14-25)18-32)17-27(16-23)33-12-10-30(11-13-33)20-34-21-30/h3-4,6-9,14-17H,2,5,10-13,18-21,32H2,1H3. The minimum atomic E-state index is -0.299. The highest BCUT2D eigenvalue weighted by molar-refractivity contribution is 5.70. The van der Waals surface area contributed by atoms with Crippen LogP contribution in [0.25, 0.3) is 11.1 Å². The van der Waals surface area contributed by atoms with Gasteiger partial charge in [-0.2, -0.15) is 0 Å². The number of nitrogens with two attached hydrogens (primary N) is 1. The molecule has 2 aliphatic heterocycles. The second-order valence-electron chi connectivity index (χ2n) is 10.0. The molecule has 2 fully saturated rings. The van der Waals surface area contributed by atoms with Gasteiger partial charge >= 0.3 is 0 Å². The maximum atomic E-state index is 14.6. The highest BCUT2D eigenvalue weighted by Gasteiger charge is 2.41. The molecule has 0 amide bonds. The van der Waals surface area contributed by atoms with Crippen LogP contribution in [-0.2, 0) is 24.3 Å². The summed E-state index contributed by atoms with van der Waals surface area (Å²) in [5, 5.41) is 0. The molecule has 5 heteroatoms. The van der Waals surface area contributed by atoms with Gasteiger partial charge < -0.3 is 20.1 Å². The average Bonchev–Trinajstić information content (AvgIpc) is 2.87. The topological polar surface area (TPSA) is 47.7 Å². The maximum absolute atomic E-state index is 14.6. The monoisotopic (exact) mass is 474 g/mol. The SMILES string of the molecule is CCCc1cccc(F)c1OCc1cc(-c2cccc(CN)c2)cc(N2CCC3(CC2)COC3)c1. The van der Waals surface area contributed by atoms with Crippen LogP contribution in [-0.4, -0.2) is 26.3 Å². The number of para-hydroxylation sites is 1. The fourth-order valence-corrected chi connectivity index (χ4v) is 5.24. The summed E-state index contributed by atoms with van der Waals surface area (Å²) < 4.78 is 26.3. The number of ether oxygens (including phenoxy) is 2. The number of hydrogen-bond acceptors (Lipinski definition) is 4. The summed E-state index contributed by atoms with van der Waals surface area (Å²) in [6.07, 6.45) is 4.05. The van der Waals surface area contributed by atoms with E-state index in [2.05, 4.69) is 54.3 Å². The van der Waals surface area contributed by atoms with Gasteiger partial charge in [0.2, 0.25) is 0 Å². The lowest BCUT2D eigenvalue weighted by Gasteiger charge is -2.48. The zero-order chi connectivity index (χ0) is 24.3. The molecule has 0 aliphatic carbocycles. The van der Waals surface area contributed by atoms with Crippen molar-refractivity contribution in [3.05, 3.63) is 83.2 Å². The zero-order valence-electron chi connectivity index (χ0n) is 20.6. The molecule has 0 saturated carbocycles. The Morgan fingerprint density at radius 1 is 0.971 bits per heavy atom. The van der Waals surface area contributed by atoms with E-state index in [-0.39, 0.29) is 5.82 Å². The summed E-state index contributed by atoms with van der Waals surface area (Å²) in [5.41, 5.74) is 12.8. The smallest absolute Gasteiger partial charge is 0.165 e. The fraction of sp³-hybridized carbons (Fsp3) is 0.400. The van der Waals surface area contributed by atoms with Crippen LogP contribution < -0.4 is 15.4 Å². The average molecular weight is 475 g/mol. The summed E-state index contributed by atoms with van der Waals surface area (Å²) in [6, 6.07) is 20.2. The third-order valence-corrected chi connectivity index (χ3v) is 7.43. The molecule has 0 radical (unpaired) electrons. The highest BCUT2D eigenvalue weighted by Crippen LogP contribution is 2.40. The number of anilines is 1. The number of halogens is 1. The van der Waals surface area contributed by atoms with Gasteiger partial charge in [-0.1, -0.05) is 43.7 Å². The Morgan fingerprint density at radius 3 is 2.46 bits per heavy atom. The van der Waals surface area contributed by atoms with Crippen molar-refractivity contribution in [2.24, 2.45) is 11.1 Å². The van der Waals surface area contributed by atoms with E-state index in [0.717, 1.165) is 79.8 Å². The number of aryl methyl sites for hydroxylation is 1. The third-order valence-electron chi connectivity index (χ3n) is 7.43. The van der Waals surface area contributed by atoms with E-state index < -0.39 is 0 Å². The molecule has 35 heavy (non-hydrogen) atoms. The Balaban J connectivity index is 1.44. The van der Waals surface area contributed by atoms with Crippen LogP contribution in [0.3, 0.4) is 0 Å². The van der Waals surface area contributed by atoms with Crippen molar-refractivity contribution in [2.75, 3.05) is 31.2 Å². The second-order valence-corrected chi connectivity index (χ2v) is 10.0. The molecule has 2 saturated heterocycles. The van der Waals surface area contributed by atoms with E-state index in [1.54, 1.807) is 6.07 Å². The summed E-state index contributed by atoms with van der Waals surface area (Å²) in [4.78, 5) is 2.47. The van der Waals surface area contributed by atoms with Crippen molar-refractivity contribution >= 4 is 5.69 Å². The maximum Gasteiger partial charge on any atom is 0.165 e. The van der Waals surface area contributed by atoms with Gasteiger partial charge in [0.1, 0.15) is 6.61 Å². The van der Waals surface area contributed by atoms with E-state index >= 15 is 0 Å². The van der Waals surface area contributed by atoms with Crippen LogP contribution in [0.5, 0.6) is 5.75 Å². The lowest BCUT2D eigenvalue weighted by atomic mass is 9.76. The number of benzene rings is 3. The predicted octanol–water partition coefficient (Wildman–Crippen LogP) is 6.10. The van der Waals surface area contributed by atoms with Crippen LogP contribution in [0, 0.1) is 11.2 Å². The van der Waals surface area contributed by atoms with E-state index in [0.29, 0.717) is 24.3 Å². The molecular weight excluding hydrogens is 439 g/mol. The van der Waals surface area contributed by atoms with Crippen molar-refractivity contribution in [1.29, 1.82) is 0 Å². The van der Waals surface area contributed by atoms with Crippen LogP contribution in [0.2, 0.25) is 0 Å².